The molecule has 1 aliphatic heterocycles. The summed E-state index contributed by atoms with van der Waals surface area (Å²) in [6.45, 7) is 1.64. The van der Waals surface area contributed by atoms with Crippen molar-refractivity contribution in [2.45, 2.75) is 18.9 Å². The Morgan fingerprint density at radius 2 is 1.29 bits per heavy atom. The van der Waals surface area contributed by atoms with Gasteiger partial charge in [0, 0.05) is 60.3 Å². The number of anilines is 5. The molecule has 1 saturated heterocycles. The number of aliphatic hydroxyl groups excluding tert-OH is 1. The van der Waals surface area contributed by atoms with Crippen molar-refractivity contribution in [3.8, 4) is 0 Å². The van der Waals surface area contributed by atoms with Gasteiger partial charge in [0.05, 0.1) is 6.10 Å². The van der Waals surface area contributed by atoms with Gasteiger partial charge in [-0.25, -0.2) is 0 Å². The molecule has 0 aliphatic carbocycles. The van der Waals surface area contributed by atoms with Crippen LogP contribution in [0.2, 0.25) is 0 Å². The summed E-state index contributed by atoms with van der Waals surface area (Å²) in [6.07, 6.45) is 2.91. The first-order valence-electron chi connectivity index (χ1n) is 12.6. The Hall–Kier alpha value is -4.63. The molecule has 2 heterocycles. The van der Waals surface area contributed by atoms with Crippen molar-refractivity contribution in [2.24, 2.45) is 7.05 Å². The highest BCUT2D eigenvalue weighted by molar-refractivity contribution is 6.04. The molecule has 194 valence electrons. The predicted molar refractivity (Wildman–Crippen MR) is 149 cm³/mol. The molecule has 0 atom stereocenters. The van der Waals surface area contributed by atoms with Gasteiger partial charge in [-0.1, -0.05) is 0 Å². The van der Waals surface area contributed by atoms with E-state index >= 15 is 0 Å². The topological polar surface area (TPSA) is 112 Å². The maximum Gasteiger partial charge on any atom is 0.273 e. The Kier molecular flexibility index (Phi) is 7.37. The minimum absolute atomic E-state index is 0.171. The molecule has 1 aromatic heterocycles. The lowest BCUT2D eigenvalue weighted by Crippen LogP contribution is -2.35. The fraction of sp³-hybridized carbons (Fsp3) is 0.207. The van der Waals surface area contributed by atoms with Crippen LogP contribution in [0.3, 0.4) is 0 Å². The van der Waals surface area contributed by atoms with E-state index in [0.29, 0.717) is 22.6 Å². The summed E-state index contributed by atoms with van der Waals surface area (Å²) >= 11 is 0. The van der Waals surface area contributed by atoms with Gasteiger partial charge in [0.25, 0.3) is 11.8 Å². The molecule has 0 spiro atoms. The number of aliphatic hydroxyl groups is 1. The van der Waals surface area contributed by atoms with E-state index in [1.807, 2.05) is 72.8 Å². The van der Waals surface area contributed by atoms with Crippen LogP contribution in [0.1, 0.15) is 33.7 Å². The second-order valence-corrected chi connectivity index (χ2v) is 9.29. The van der Waals surface area contributed by atoms with Crippen molar-refractivity contribution in [3.63, 3.8) is 0 Å². The van der Waals surface area contributed by atoms with E-state index < -0.39 is 0 Å². The number of aryl methyl sites for hydroxylation is 1. The Bertz CT molecular complexity index is 1390. The van der Waals surface area contributed by atoms with Crippen LogP contribution in [-0.4, -0.2) is 45.9 Å². The SMILES string of the molecule is Cn1nccc1C(=O)Nc1ccc(Nc2ccc(NC(=O)c3ccc(N4CCC(O)CC4)cc3)cc2)cc1. The first kappa shape index (κ1) is 25.0. The summed E-state index contributed by atoms with van der Waals surface area (Å²) in [5, 5.41) is 22.8. The molecule has 1 aliphatic rings. The number of rotatable bonds is 7. The standard InChI is InChI=1S/C29H30N6O3/c1-34-27(14-17-30-34)29(38)33-24-10-6-22(7-11-24)31-21-4-8-23(9-5-21)32-28(37)20-2-12-25(13-3-20)35-18-15-26(36)16-19-35/h2-14,17,26,31,36H,15-16,18-19H2,1H3,(H,32,37)(H,33,38). The Balaban J connectivity index is 1.13. The number of piperidine rings is 1. The molecule has 0 saturated carbocycles. The van der Waals surface area contributed by atoms with Crippen LogP contribution in [-0.2, 0) is 7.05 Å². The van der Waals surface area contributed by atoms with Crippen LogP contribution in [0.25, 0.3) is 0 Å². The molecule has 9 nitrogen and oxygen atoms in total. The van der Waals surface area contributed by atoms with Gasteiger partial charge < -0.3 is 26.0 Å². The number of carbonyl (C=O) groups is 2. The Morgan fingerprint density at radius 3 is 1.82 bits per heavy atom. The summed E-state index contributed by atoms with van der Waals surface area (Å²) in [5.41, 5.74) is 5.24. The zero-order valence-corrected chi connectivity index (χ0v) is 21.1. The van der Waals surface area contributed by atoms with Crippen LogP contribution < -0.4 is 20.9 Å². The largest absolute Gasteiger partial charge is 0.393 e. The lowest BCUT2D eigenvalue weighted by Gasteiger charge is -2.31. The van der Waals surface area contributed by atoms with Gasteiger partial charge in [-0.2, -0.15) is 5.10 Å². The zero-order valence-electron chi connectivity index (χ0n) is 21.1. The van der Waals surface area contributed by atoms with Gasteiger partial charge in [0.2, 0.25) is 0 Å². The molecule has 5 rings (SSSR count). The van der Waals surface area contributed by atoms with Gasteiger partial charge in [0.1, 0.15) is 5.69 Å². The molecule has 0 radical (unpaired) electrons. The third-order valence-corrected chi connectivity index (χ3v) is 6.59. The van der Waals surface area contributed by atoms with Crippen molar-refractivity contribution in [1.29, 1.82) is 0 Å². The molecule has 4 N–H and O–H groups in total. The summed E-state index contributed by atoms with van der Waals surface area (Å²) in [5.74, 6) is -0.392. The molecule has 0 bridgehead atoms. The first-order valence-corrected chi connectivity index (χ1v) is 12.6. The van der Waals surface area contributed by atoms with Crippen molar-refractivity contribution < 1.29 is 14.7 Å². The van der Waals surface area contributed by atoms with Gasteiger partial charge in [0.15, 0.2) is 0 Å². The van der Waals surface area contributed by atoms with Crippen LogP contribution in [0.4, 0.5) is 28.4 Å². The highest BCUT2D eigenvalue weighted by Crippen LogP contribution is 2.23. The number of nitrogens with zero attached hydrogens (tertiary/aromatic N) is 3. The molecule has 1 fully saturated rings. The molecule has 2 amide bonds. The number of benzene rings is 3. The minimum atomic E-state index is -0.220. The van der Waals surface area contributed by atoms with Crippen molar-refractivity contribution in [3.05, 3.63) is 96.3 Å². The van der Waals surface area contributed by atoms with E-state index in [-0.39, 0.29) is 17.9 Å². The van der Waals surface area contributed by atoms with E-state index in [2.05, 4.69) is 25.9 Å². The summed E-state index contributed by atoms with van der Waals surface area (Å²) < 4.78 is 1.52. The quantitative estimate of drug-likeness (QED) is 0.289. The normalized spacial score (nSPS) is 13.7. The maximum absolute atomic E-state index is 12.7. The van der Waals surface area contributed by atoms with Gasteiger partial charge in [-0.3, -0.25) is 14.3 Å². The number of aromatic nitrogens is 2. The monoisotopic (exact) mass is 510 g/mol. The van der Waals surface area contributed by atoms with E-state index in [0.717, 1.165) is 43.0 Å². The smallest absolute Gasteiger partial charge is 0.273 e. The third kappa shape index (κ3) is 6.01. The van der Waals surface area contributed by atoms with Crippen LogP contribution in [0.5, 0.6) is 0 Å². The van der Waals surface area contributed by atoms with Crippen molar-refractivity contribution in [2.75, 3.05) is 33.9 Å². The maximum atomic E-state index is 12.7. The summed E-state index contributed by atoms with van der Waals surface area (Å²) in [6, 6.07) is 24.1. The minimum Gasteiger partial charge on any atom is -0.393 e. The fourth-order valence-corrected chi connectivity index (χ4v) is 4.38. The Morgan fingerprint density at radius 1 is 0.763 bits per heavy atom. The second kappa shape index (κ2) is 11.2. The average Bonchev–Trinajstić information content (AvgIpc) is 3.37. The molecule has 3 aromatic carbocycles. The van der Waals surface area contributed by atoms with Gasteiger partial charge in [-0.05, 0) is 91.7 Å². The lowest BCUT2D eigenvalue weighted by molar-refractivity contribution is 0.101. The number of amides is 2. The van der Waals surface area contributed by atoms with Crippen LogP contribution >= 0.6 is 0 Å². The van der Waals surface area contributed by atoms with Crippen LogP contribution in [0.15, 0.2) is 85.1 Å². The molecule has 38 heavy (non-hydrogen) atoms. The second-order valence-electron chi connectivity index (χ2n) is 9.29. The fourth-order valence-electron chi connectivity index (χ4n) is 4.38. The third-order valence-electron chi connectivity index (χ3n) is 6.59. The van der Waals surface area contributed by atoms with Gasteiger partial charge >= 0.3 is 0 Å². The average molecular weight is 511 g/mol. The predicted octanol–water partition coefficient (Wildman–Crippen LogP) is 4.63. The molecule has 4 aromatic rings. The number of hydrogen-bond acceptors (Lipinski definition) is 6. The highest BCUT2D eigenvalue weighted by Gasteiger charge is 2.17. The van der Waals surface area contributed by atoms with E-state index in [4.69, 9.17) is 0 Å². The Labute approximate surface area is 221 Å². The van der Waals surface area contributed by atoms with E-state index in [1.54, 1.807) is 19.3 Å². The molecule has 0 unspecified atom stereocenters. The summed E-state index contributed by atoms with van der Waals surface area (Å²) in [4.78, 5) is 27.3. The molecular formula is C29H30N6O3. The first-order chi connectivity index (χ1) is 18.4. The van der Waals surface area contributed by atoms with Crippen molar-refractivity contribution >= 4 is 40.3 Å². The van der Waals surface area contributed by atoms with Crippen molar-refractivity contribution in [1.82, 2.24) is 9.78 Å². The highest BCUT2D eigenvalue weighted by atomic mass is 16.3. The number of hydrogen-bond donors (Lipinski definition) is 4. The van der Waals surface area contributed by atoms with Gasteiger partial charge in [-0.15, -0.1) is 0 Å². The molecule has 9 heteroatoms. The number of carbonyl (C=O) groups excluding carboxylic acids is 2. The van der Waals surface area contributed by atoms with Crippen LogP contribution in [0, 0.1) is 0 Å². The molecular weight excluding hydrogens is 480 g/mol. The number of nitrogens with one attached hydrogen (secondary N) is 3. The zero-order chi connectivity index (χ0) is 26.5. The van der Waals surface area contributed by atoms with E-state index in [9.17, 15) is 14.7 Å². The summed E-state index contributed by atoms with van der Waals surface area (Å²) in [7, 11) is 1.72. The lowest BCUT2D eigenvalue weighted by atomic mass is 10.1. The van der Waals surface area contributed by atoms with E-state index in [1.165, 1.54) is 4.68 Å².